The van der Waals surface area contributed by atoms with E-state index >= 15 is 0 Å². The van der Waals surface area contributed by atoms with Gasteiger partial charge in [-0.1, -0.05) is 79.4 Å². The molecule has 0 N–H and O–H groups in total. The zero-order valence-electron chi connectivity index (χ0n) is 10.4. The van der Waals surface area contributed by atoms with Crippen LogP contribution in [0.25, 0.3) is 11.1 Å². The Morgan fingerprint density at radius 3 is 1.72 bits per heavy atom. The van der Waals surface area contributed by atoms with Gasteiger partial charge in [0, 0.05) is 5.33 Å². The fraction of sp³-hybridized carbons (Fsp3) is 0.250. The van der Waals surface area contributed by atoms with E-state index in [1.54, 1.807) is 0 Å². The number of aryl methyl sites for hydroxylation is 2. The van der Waals surface area contributed by atoms with Crippen LogP contribution in [0, 0.1) is 13.8 Å². The Morgan fingerprint density at radius 2 is 1.33 bits per heavy atom. The molecule has 0 radical (unpaired) electrons. The molecule has 0 bridgehead atoms. The van der Waals surface area contributed by atoms with Gasteiger partial charge < -0.3 is 0 Å². The average molecular weight is 366 g/mol. The molecule has 2 heteroatoms. The maximum absolute atomic E-state index is 3.96. The monoisotopic (exact) mass is 364 g/mol. The maximum atomic E-state index is 3.96. The molecule has 1 aliphatic carbocycles. The van der Waals surface area contributed by atoms with Crippen molar-refractivity contribution in [3.8, 4) is 11.1 Å². The predicted octanol–water partition coefficient (Wildman–Crippen LogP) is 5.32. The molecule has 1 aliphatic rings. The van der Waals surface area contributed by atoms with Crippen molar-refractivity contribution in [1.29, 1.82) is 0 Å². The molecule has 0 heterocycles. The van der Waals surface area contributed by atoms with Crippen LogP contribution >= 0.6 is 31.9 Å². The van der Waals surface area contributed by atoms with Crippen LogP contribution in [0.5, 0.6) is 0 Å². The molecule has 0 saturated heterocycles. The quantitative estimate of drug-likeness (QED) is 0.600. The van der Waals surface area contributed by atoms with Gasteiger partial charge >= 0.3 is 0 Å². The first-order chi connectivity index (χ1) is 8.56. The summed E-state index contributed by atoms with van der Waals surface area (Å²) in [5.41, 5.74) is 8.07. The summed E-state index contributed by atoms with van der Waals surface area (Å²) in [5.74, 6) is 0. The van der Waals surface area contributed by atoms with Crippen molar-refractivity contribution in [2.45, 2.75) is 18.2 Å². The Bertz CT molecular complexity index is 577. The van der Waals surface area contributed by atoms with Crippen LogP contribution in [0.1, 0.15) is 22.3 Å². The van der Waals surface area contributed by atoms with Crippen LogP contribution in [-0.4, -0.2) is 5.33 Å². The zero-order chi connectivity index (χ0) is 12.9. The Morgan fingerprint density at radius 1 is 0.889 bits per heavy atom. The topological polar surface area (TPSA) is 0 Å². The van der Waals surface area contributed by atoms with Crippen molar-refractivity contribution in [3.05, 3.63) is 58.7 Å². The van der Waals surface area contributed by atoms with Crippen LogP contribution in [-0.2, 0) is 4.32 Å². The highest BCUT2D eigenvalue weighted by Gasteiger charge is 2.40. The summed E-state index contributed by atoms with van der Waals surface area (Å²) in [5, 5.41) is 0.882. The molecule has 0 atom stereocenters. The maximum Gasteiger partial charge on any atom is 0.0863 e. The fourth-order valence-electron chi connectivity index (χ4n) is 2.73. The van der Waals surface area contributed by atoms with Crippen LogP contribution in [0.3, 0.4) is 0 Å². The number of alkyl halides is 2. The first kappa shape index (κ1) is 12.4. The smallest absolute Gasteiger partial charge is 0.0863 e. The molecular weight excluding hydrogens is 352 g/mol. The van der Waals surface area contributed by atoms with Gasteiger partial charge in [-0.15, -0.1) is 0 Å². The summed E-state index contributed by atoms with van der Waals surface area (Å²) in [6, 6.07) is 13.4. The molecule has 3 rings (SSSR count). The van der Waals surface area contributed by atoms with E-state index in [2.05, 4.69) is 82.1 Å². The van der Waals surface area contributed by atoms with Crippen molar-refractivity contribution in [1.82, 2.24) is 0 Å². The third kappa shape index (κ3) is 1.62. The molecule has 0 aromatic heterocycles. The first-order valence-corrected chi connectivity index (χ1v) is 7.95. The SMILES string of the molecule is Cc1ccc2c(c1)C(Br)(CBr)c1cc(C)ccc1-2. The minimum absolute atomic E-state index is 0.0876. The van der Waals surface area contributed by atoms with E-state index in [-0.39, 0.29) is 4.32 Å². The second kappa shape index (κ2) is 4.21. The number of halogens is 2. The lowest BCUT2D eigenvalue weighted by Gasteiger charge is -2.22. The van der Waals surface area contributed by atoms with Gasteiger partial charge in [0.2, 0.25) is 0 Å². The largest absolute Gasteiger partial charge is 0.0905 e. The van der Waals surface area contributed by atoms with Crippen molar-refractivity contribution < 1.29 is 0 Å². The Kier molecular flexibility index (Phi) is 2.91. The minimum atomic E-state index is -0.0876. The molecule has 0 spiro atoms. The molecule has 0 fully saturated rings. The molecule has 92 valence electrons. The lowest BCUT2D eigenvalue weighted by molar-refractivity contribution is 0.910. The molecule has 0 unspecified atom stereocenters. The Balaban J connectivity index is 2.37. The Hall–Kier alpha value is -0.600. The van der Waals surface area contributed by atoms with E-state index in [0.29, 0.717) is 0 Å². The third-order valence-corrected chi connectivity index (χ3v) is 6.41. The van der Waals surface area contributed by atoms with Gasteiger partial charge in [-0.25, -0.2) is 0 Å². The molecule has 0 saturated carbocycles. The van der Waals surface area contributed by atoms with Crippen LogP contribution in [0.15, 0.2) is 36.4 Å². The number of hydrogen-bond acceptors (Lipinski definition) is 0. The molecule has 0 amide bonds. The summed E-state index contributed by atoms with van der Waals surface area (Å²) in [6.07, 6.45) is 0. The minimum Gasteiger partial charge on any atom is -0.0905 e. The second-order valence-corrected chi connectivity index (χ2v) is 6.95. The normalized spacial score (nSPS) is 15.3. The molecule has 18 heavy (non-hydrogen) atoms. The number of benzene rings is 2. The highest BCUT2D eigenvalue weighted by atomic mass is 79.9. The van der Waals surface area contributed by atoms with Crippen molar-refractivity contribution in [3.63, 3.8) is 0 Å². The predicted molar refractivity (Wildman–Crippen MR) is 84.9 cm³/mol. The van der Waals surface area contributed by atoms with Crippen LogP contribution < -0.4 is 0 Å². The van der Waals surface area contributed by atoms with Crippen LogP contribution in [0.4, 0.5) is 0 Å². The number of fused-ring (bicyclic) bond motifs is 3. The van der Waals surface area contributed by atoms with Crippen LogP contribution in [0.2, 0.25) is 0 Å². The molecule has 2 aromatic rings. The van der Waals surface area contributed by atoms with E-state index in [4.69, 9.17) is 0 Å². The summed E-state index contributed by atoms with van der Waals surface area (Å²) >= 11 is 7.64. The standard InChI is InChI=1S/C16H14Br2/c1-10-3-5-12-13-6-4-11(2)8-15(13)16(18,9-17)14(12)7-10/h3-8H,9H2,1-2H3. The lowest BCUT2D eigenvalue weighted by atomic mass is 9.97. The van der Waals surface area contributed by atoms with Gasteiger partial charge in [0.1, 0.15) is 0 Å². The molecule has 0 nitrogen and oxygen atoms in total. The van der Waals surface area contributed by atoms with Gasteiger partial charge in [-0.2, -0.15) is 0 Å². The summed E-state index contributed by atoms with van der Waals surface area (Å²) in [7, 11) is 0. The van der Waals surface area contributed by atoms with E-state index in [1.807, 2.05) is 0 Å². The molecule has 0 aliphatic heterocycles. The van der Waals surface area contributed by atoms with Gasteiger partial charge in [0.25, 0.3) is 0 Å². The second-order valence-electron chi connectivity index (χ2n) is 5.03. The van der Waals surface area contributed by atoms with E-state index < -0.39 is 0 Å². The van der Waals surface area contributed by atoms with Crippen molar-refractivity contribution >= 4 is 31.9 Å². The van der Waals surface area contributed by atoms with Crippen molar-refractivity contribution in [2.75, 3.05) is 5.33 Å². The molecule has 2 aromatic carbocycles. The highest BCUT2D eigenvalue weighted by Crippen LogP contribution is 2.53. The summed E-state index contributed by atoms with van der Waals surface area (Å²) < 4.78 is -0.0876. The van der Waals surface area contributed by atoms with Gasteiger partial charge in [-0.05, 0) is 36.1 Å². The lowest BCUT2D eigenvalue weighted by Crippen LogP contribution is -2.18. The highest BCUT2D eigenvalue weighted by molar-refractivity contribution is 9.12. The molecular formula is C16H14Br2. The zero-order valence-corrected chi connectivity index (χ0v) is 13.6. The van der Waals surface area contributed by atoms with E-state index in [0.717, 1.165) is 5.33 Å². The van der Waals surface area contributed by atoms with Gasteiger partial charge in [-0.3, -0.25) is 0 Å². The third-order valence-electron chi connectivity index (χ3n) is 3.68. The number of hydrogen-bond donors (Lipinski definition) is 0. The van der Waals surface area contributed by atoms with Crippen molar-refractivity contribution in [2.24, 2.45) is 0 Å². The average Bonchev–Trinajstić information content (AvgIpc) is 2.60. The van der Waals surface area contributed by atoms with E-state index in [1.165, 1.54) is 33.4 Å². The van der Waals surface area contributed by atoms with Gasteiger partial charge in [0.05, 0.1) is 4.32 Å². The van der Waals surface area contributed by atoms with E-state index in [9.17, 15) is 0 Å². The fourth-order valence-corrected chi connectivity index (χ4v) is 3.99. The van der Waals surface area contributed by atoms with Gasteiger partial charge in [0.15, 0.2) is 0 Å². The summed E-state index contributed by atoms with van der Waals surface area (Å²) in [4.78, 5) is 0. The Labute approximate surface area is 125 Å². The first-order valence-electron chi connectivity index (χ1n) is 6.04. The number of rotatable bonds is 1. The summed E-state index contributed by atoms with van der Waals surface area (Å²) in [6.45, 7) is 4.30.